The van der Waals surface area contributed by atoms with Crippen LogP contribution < -0.4 is 5.32 Å². The zero-order chi connectivity index (χ0) is 16.6. The summed E-state index contributed by atoms with van der Waals surface area (Å²) in [4.78, 5) is 21.8. The SMILES string of the molecule is CCOP(=O)(O)C(CC(C)C)NC(=O)OCc1ccccc1. The van der Waals surface area contributed by atoms with Crippen molar-refractivity contribution in [2.24, 2.45) is 5.92 Å². The summed E-state index contributed by atoms with van der Waals surface area (Å²) in [6.45, 7) is 5.63. The monoisotopic (exact) mass is 329 g/mol. The van der Waals surface area contributed by atoms with Crippen LogP contribution in [0.25, 0.3) is 0 Å². The van der Waals surface area contributed by atoms with Crippen LogP contribution in [0.5, 0.6) is 0 Å². The summed E-state index contributed by atoms with van der Waals surface area (Å²) in [5.41, 5.74) is 0.843. The number of hydrogen-bond acceptors (Lipinski definition) is 4. The lowest BCUT2D eigenvalue weighted by molar-refractivity contribution is 0.135. The van der Waals surface area contributed by atoms with Gasteiger partial charge in [0.05, 0.1) is 6.61 Å². The molecule has 1 rings (SSSR count). The molecular weight excluding hydrogens is 305 g/mol. The van der Waals surface area contributed by atoms with Gasteiger partial charge in [0.15, 0.2) is 0 Å². The van der Waals surface area contributed by atoms with E-state index in [2.05, 4.69) is 5.32 Å². The van der Waals surface area contributed by atoms with Crippen molar-refractivity contribution >= 4 is 13.7 Å². The van der Waals surface area contributed by atoms with Crippen molar-refractivity contribution in [3.8, 4) is 0 Å². The zero-order valence-electron chi connectivity index (χ0n) is 13.2. The standard InChI is InChI=1S/C15H24NO5P/c1-4-21-22(18,19)14(10-12(2)3)16-15(17)20-11-13-8-6-5-7-9-13/h5-9,12,14H,4,10-11H2,1-3H3,(H,16,17)(H,18,19). The van der Waals surface area contributed by atoms with Crippen LogP contribution >= 0.6 is 7.60 Å². The second-order valence-electron chi connectivity index (χ2n) is 5.33. The minimum absolute atomic E-state index is 0.100. The third-order valence-electron chi connectivity index (χ3n) is 2.90. The van der Waals surface area contributed by atoms with Gasteiger partial charge in [-0.15, -0.1) is 0 Å². The maximum atomic E-state index is 12.1. The fourth-order valence-corrected chi connectivity index (χ4v) is 3.40. The topological polar surface area (TPSA) is 84.9 Å². The van der Waals surface area contributed by atoms with Gasteiger partial charge in [0, 0.05) is 0 Å². The molecule has 0 saturated heterocycles. The molecule has 1 aromatic carbocycles. The van der Waals surface area contributed by atoms with Crippen molar-refractivity contribution in [2.45, 2.75) is 39.6 Å². The molecule has 0 heterocycles. The van der Waals surface area contributed by atoms with Crippen LogP contribution in [0.2, 0.25) is 0 Å². The minimum atomic E-state index is -3.92. The van der Waals surface area contributed by atoms with Gasteiger partial charge in [0.2, 0.25) is 0 Å². The van der Waals surface area contributed by atoms with Gasteiger partial charge in [-0.05, 0) is 24.8 Å². The molecule has 0 saturated carbocycles. The van der Waals surface area contributed by atoms with E-state index in [1.165, 1.54) is 0 Å². The Hall–Kier alpha value is -1.36. The second-order valence-corrected chi connectivity index (χ2v) is 7.34. The normalized spacial score (nSPS) is 15.1. The van der Waals surface area contributed by atoms with Gasteiger partial charge in [-0.25, -0.2) is 4.79 Å². The Labute approximate surface area is 131 Å². The smallest absolute Gasteiger partial charge is 0.408 e. The van der Waals surface area contributed by atoms with Gasteiger partial charge in [-0.3, -0.25) is 4.57 Å². The molecule has 2 unspecified atom stereocenters. The van der Waals surface area contributed by atoms with E-state index >= 15 is 0 Å². The third kappa shape index (κ3) is 6.60. The van der Waals surface area contributed by atoms with E-state index in [1.54, 1.807) is 6.92 Å². The number of hydrogen-bond donors (Lipinski definition) is 2. The predicted octanol–water partition coefficient (Wildman–Crippen LogP) is 3.51. The van der Waals surface area contributed by atoms with Gasteiger partial charge in [-0.2, -0.15) is 0 Å². The molecule has 0 radical (unpaired) electrons. The molecule has 0 aliphatic rings. The molecule has 22 heavy (non-hydrogen) atoms. The first-order valence-electron chi connectivity index (χ1n) is 7.29. The molecule has 0 aliphatic carbocycles. The van der Waals surface area contributed by atoms with E-state index in [0.717, 1.165) is 5.56 Å². The average molecular weight is 329 g/mol. The summed E-state index contributed by atoms with van der Waals surface area (Å²) in [6.07, 6.45) is -0.405. The molecule has 2 atom stereocenters. The maximum Gasteiger partial charge on any atom is 0.408 e. The van der Waals surface area contributed by atoms with E-state index in [4.69, 9.17) is 9.26 Å². The Kier molecular flexibility index (Phi) is 7.59. The highest BCUT2D eigenvalue weighted by Gasteiger charge is 2.34. The quantitative estimate of drug-likeness (QED) is 0.713. The van der Waals surface area contributed by atoms with E-state index in [1.807, 2.05) is 44.2 Å². The third-order valence-corrected chi connectivity index (χ3v) is 4.66. The summed E-state index contributed by atoms with van der Waals surface area (Å²) in [5.74, 6) is -0.851. The first-order chi connectivity index (χ1) is 10.3. The Morgan fingerprint density at radius 2 is 1.95 bits per heavy atom. The fraction of sp³-hybridized carbons (Fsp3) is 0.533. The molecular formula is C15H24NO5P. The number of amides is 1. The van der Waals surface area contributed by atoms with E-state index in [-0.39, 0.29) is 19.1 Å². The highest BCUT2D eigenvalue weighted by Crippen LogP contribution is 2.48. The number of rotatable bonds is 8. The molecule has 0 aromatic heterocycles. The van der Waals surface area contributed by atoms with Crippen LogP contribution in [0, 0.1) is 5.92 Å². The van der Waals surface area contributed by atoms with Gasteiger partial charge < -0.3 is 19.5 Å². The van der Waals surface area contributed by atoms with Crippen molar-refractivity contribution in [1.82, 2.24) is 5.32 Å². The van der Waals surface area contributed by atoms with Crippen LogP contribution in [0.3, 0.4) is 0 Å². The average Bonchev–Trinajstić information content (AvgIpc) is 2.45. The predicted molar refractivity (Wildman–Crippen MR) is 84.5 cm³/mol. The number of benzene rings is 1. The summed E-state index contributed by atoms with van der Waals surface area (Å²) >= 11 is 0. The van der Waals surface area contributed by atoms with E-state index < -0.39 is 19.5 Å². The van der Waals surface area contributed by atoms with E-state index in [0.29, 0.717) is 6.42 Å². The minimum Gasteiger partial charge on any atom is -0.445 e. The zero-order valence-corrected chi connectivity index (χ0v) is 14.1. The first kappa shape index (κ1) is 18.7. The molecule has 0 aliphatic heterocycles. The lowest BCUT2D eigenvalue weighted by atomic mass is 10.1. The number of ether oxygens (including phenoxy) is 1. The van der Waals surface area contributed by atoms with Gasteiger partial charge >= 0.3 is 13.7 Å². The Balaban J connectivity index is 2.61. The van der Waals surface area contributed by atoms with Gasteiger partial charge in [-0.1, -0.05) is 44.2 Å². The summed E-state index contributed by atoms with van der Waals surface area (Å²) in [6, 6.07) is 9.21. The Bertz CT molecular complexity index is 506. The molecule has 124 valence electrons. The van der Waals surface area contributed by atoms with Gasteiger partial charge in [0.25, 0.3) is 0 Å². The highest BCUT2D eigenvalue weighted by molar-refractivity contribution is 7.53. The first-order valence-corrected chi connectivity index (χ1v) is 8.94. The molecule has 6 nitrogen and oxygen atoms in total. The van der Waals surface area contributed by atoms with Crippen LogP contribution in [0.15, 0.2) is 30.3 Å². The number of nitrogens with one attached hydrogen (secondary N) is 1. The molecule has 1 amide bonds. The van der Waals surface area contributed by atoms with E-state index in [9.17, 15) is 14.3 Å². The molecule has 0 spiro atoms. The fourth-order valence-electron chi connectivity index (χ4n) is 1.90. The number of carbonyl (C=O) groups is 1. The van der Waals surface area contributed by atoms with Crippen LogP contribution in [0.1, 0.15) is 32.8 Å². The van der Waals surface area contributed by atoms with Crippen molar-refractivity contribution in [3.63, 3.8) is 0 Å². The Morgan fingerprint density at radius 3 is 2.50 bits per heavy atom. The molecule has 0 fully saturated rings. The largest absolute Gasteiger partial charge is 0.445 e. The second kappa shape index (κ2) is 8.93. The molecule has 7 heteroatoms. The van der Waals surface area contributed by atoms with Crippen molar-refractivity contribution in [1.29, 1.82) is 0 Å². The van der Waals surface area contributed by atoms with Crippen LogP contribution in [0.4, 0.5) is 4.79 Å². The van der Waals surface area contributed by atoms with Crippen molar-refractivity contribution < 1.29 is 23.5 Å². The number of alkyl carbamates (subject to hydrolysis) is 1. The Morgan fingerprint density at radius 1 is 1.32 bits per heavy atom. The van der Waals surface area contributed by atoms with Crippen molar-refractivity contribution in [3.05, 3.63) is 35.9 Å². The molecule has 2 N–H and O–H groups in total. The van der Waals surface area contributed by atoms with Crippen LogP contribution in [-0.2, 0) is 20.4 Å². The van der Waals surface area contributed by atoms with Crippen molar-refractivity contribution in [2.75, 3.05) is 6.61 Å². The molecule has 0 bridgehead atoms. The summed E-state index contributed by atoms with van der Waals surface area (Å²) in [5, 5.41) is 2.44. The lowest BCUT2D eigenvalue weighted by Crippen LogP contribution is -2.36. The molecule has 1 aromatic rings. The van der Waals surface area contributed by atoms with Crippen LogP contribution in [-0.4, -0.2) is 23.4 Å². The maximum absolute atomic E-state index is 12.1. The van der Waals surface area contributed by atoms with Gasteiger partial charge in [0.1, 0.15) is 12.4 Å². The lowest BCUT2D eigenvalue weighted by Gasteiger charge is -2.24. The summed E-state index contributed by atoms with van der Waals surface area (Å²) in [7, 11) is -3.92. The highest BCUT2D eigenvalue weighted by atomic mass is 31.2. The summed E-state index contributed by atoms with van der Waals surface area (Å²) < 4.78 is 22.1. The number of carbonyl (C=O) groups excluding carboxylic acids is 1.